The van der Waals surface area contributed by atoms with Crippen molar-refractivity contribution in [3.8, 4) is 0 Å². The quantitative estimate of drug-likeness (QED) is 0.694. The number of aliphatic hydroxyl groups is 1. The van der Waals surface area contributed by atoms with Crippen molar-refractivity contribution >= 4 is 21.9 Å². The van der Waals surface area contributed by atoms with Crippen LogP contribution in [0.3, 0.4) is 0 Å². The fraction of sp³-hybridized carbons (Fsp3) is 0.600. The Kier molecular flexibility index (Phi) is 5.60. The van der Waals surface area contributed by atoms with Crippen LogP contribution in [0.1, 0.15) is 19.0 Å². The first-order valence-electron chi connectivity index (χ1n) is 5.29. The molecule has 0 saturated heterocycles. The average Bonchev–Trinajstić information content (AvgIpc) is 2.62. The highest BCUT2D eigenvalue weighted by atomic mass is 79.9. The smallest absolute Gasteiger partial charge is 0.304 e. The highest BCUT2D eigenvalue weighted by Crippen LogP contribution is 2.16. The third-order valence-corrected chi connectivity index (χ3v) is 3.19. The Balaban J connectivity index is 2.65. The number of carboxylic acid groups (broad SMARTS) is 1. The Bertz CT molecular complexity index is 369. The molecule has 96 valence electrons. The molecule has 3 N–H and O–H groups in total. The summed E-state index contributed by atoms with van der Waals surface area (Å²) < 4.78 is 0.850. The highest BCUT2D eigenvalue weighted by molar-refractivity contribution is 9.10. The molecule has 0 aromatic carbocycles. The number of halogens is 1. The Labute approximate surface area is 108 Å². The predicted molar refractivity (Wildman–Crippen MR) is 65.5 cm³/mol. The lowest BCUT2D eigenvalue weighted by molar-refractivity contribution is -0.138. The third-order valence-electron chi connectivity index (χ3n) is 2.51. The zero-order chi connectivity index (χ0) is 12.8. The first kappa shape index (κ1) is 14.1. The molecular formula is C10H16BrN3O3. The van der Waals surface area contributed by atoms with Crippen molar-refractivity contribution in [3.05, 3.63) is 16.4 Å². The molecule has 0 fully saturated rings. The van der Waals surface area contributed by atoms with Crippen molar-refractivity contribution < 1.29 is 15.0 Å². The van der Waals surface area contributed by atoms with E-state index in [-0.39, 0.29) is 19.1 Å². The summed E-state index contributed by atoms with van der Waals surface area (Å²) in [5.41, 5.74) is 0.871. The van der Waals surface area contributed by atoms with E-state index in [9.17, 15) is 4.79 Å². The number of H-pyrrole nitrogens is 1. The van der Waals surface area contributed by atoms with Crippen LogP contribution in [0.2, 0.25) is 0 Å². The molecular weight excluding hydrogens is 290 g/mol. The van der Waals surface area contributed by atoms with E-state index in [1.165, 1.54) is 0 Å². The van der Waals surface area contributed by atoms with Crippen molar-refractivity contribution in [2.75, 3.05) is 13.2 Å². The van der Waals surface area contributed by atoms with Crippen molar-refractivity contribution in [1.29, 1.82) is 0 Å². The molecule has 7 heteroatoms. The van der Waals surface area contributed by atoms with Crippen LogP contribution >= 0.6 is 15.9 Å². The molecule has 0 spiro atoms. The second kappa shape index (κ2) is 6.73. The molecule has 1 rings (SSSR count). The standard InChI is InChI=1S/C10H16BrN3O3/c1-7(4-10(16)17)14(2-3-15)6-9-8(11)5-12-13-9/h5,7,15H,2-4,6H2,1H3,(H,12,13)(H,16,17). The van der Waals surface area contributed by atoms with Gasteiger partial charge in [0.1, 0.15) is 0 Å². The van der Waals surface area contributed by atoms with Gasteiger partial charge in [-0.2, -0.15) is 5.10 Å². The minimum Gasteiger partial charge on any atom is -0.481 e. The molecule has 1 aromatic heterocycles. The number of carboxylic acids is 1. The maximum absolute atomic E-state index is 10.7. The summed E-state index contributed by atoms with van der Waals surface area (Å²) in [4.78, 5) is 12.6. The van der Waals surface area contributed by atoms with E-state index < -0.39 is 5.97 Å². The van der Waals surface area contributed by atoms with Crippen LogP contribution in [0, 0.1) is 0 Å². The molecule has 0 saturated carbocycles. The van der Waals surface area contributed by atoms with E-state index >= 15 is 0 Å². The zero-order valence-electron chi connectivity index (χ0n) is 9.56. The normalized spacial score (nSPS) is 12.9. The summed E-state index contributed by atoms with van der Waals surface area (Å²) >= 11 is 3.35. The Morgan fingerprint density at radius 2 is 2.41 bits per heavy atom. The van der Waals surface area contributed by atoms with Gasteiger partial charge in [-0.25, -0.2) is 0 Å². The van der Waals surface area contributed by atoms with Gasteiger partial charge in [-0.3, -0.25) is 14.8 Å². The van der Waals surface area contributed by atoms with Gasteiger partial charge in [0.05, 0.1) is 29.4 Å². The van der Waals surface area contributed by atoms with Crippen molar-refractivity contribution in [3.63, 3.8) is 0 Å². The first-order chi connectivity index (χ1) is 8.04. The van der Waals surface area contributed by atoms with E-state index in [4.69, 9.17) is 10.2 Å². The topological polar surface area (TPSA) is 89.5 Å². The molecule has 0 bridgehead atoms. The highest BCUT2D eigenvalue weighted by Gasteiger charge is 2.18. The van der Waals surface area contributed by atoms with Crippen molar-refractivity contribution in [2.24, 2.45) is 0 Å². The van der Waals surface area contributed by atoms with Gasteiger partial charge in [0.25, 0.3) is 0 Å². The van der Waals surface area contributed by atoms with Crippen LogP contribution in [0.15, 0.2) is 10.7 Å². The summed E-state index contributed by atoms with van der Waals surface area (Å²) in [6, 6.07) is -0.144. The lowest BCUT2D eigenvalue weighted by Crippen LogP contribution is -2.36. The molecule has 0 aliphatic heterocycles. The Morgan fingerprint density at radius 3 is 2.88 bits per heavy atom. The summed E-state index contributed by atoms with van der Waals surface area (Å²) in [6.07, 6.45) is 1.69. The van der Waals surface area contributed by atoms with Crippen molar-refractivity contribution in [1.82, 2.24) is 15.1 Å². The molecule has 0 amide bonds. The monoisotopic (exact) mass is 305 g/mol. The second-order valence-corrected chi connectivity index (χ2v) is 4.69. The fourth-order valence-corrected chi connectivity index (χ4v) is 1.89. The van der Waals surface area contributed by atoms with Gasteiger partial charge in [-0.15, -0.1) is 0 Å². The van der Waals surface area contributed by atoms with Gasteiger partial charge < -0.3 is 10.2 Å². The number of nitrogens with one attached hydrogen (secondary N) is 1. The molecule has 0 aliphatic carbocycles. The number of hydrogen-bond acceptors (Lipinski definition) is 4. The lowest BCUT2D eigenvalue weighted by atomic mass is 10.2. The number of aliphatic carboxylic acids is 1. The number of hydrogen-bond donors (Lipinski definition) is 3. The predicted octanol–water partition coefficient (Wildman–Crippen LogP) is 0.830. The maximum Gasteiger partial charge on any atom is 0.304 e. The van der Waals surface area contributed by atoms with Gasteiger partial charge in [0.15, 0.2) is 0 Å². The number of aromatic nitrogens is 2. The van der Waals surface area contributed by atoms with Gasteiger partial charge >= 0.3 is 5.97 Å². The number of aromatic amines is 1. The van der Waals surface area contributed by atoms with Gasteiger partial charge in [-0.05, 0) is 22.9 Å². The summed E-state index contributed by atoms with van der Waals surface area (Å²) in [6.45, 7) is 2.78. The third kappa shape index (κ3) is 4.45. The molecule has 0 radical (unpaired) electrons. The van der Waals surface area contributed by atoms with E-state index in [1.54, 1.807) is 6.20 Å². The molecule has 1 aromatic rings. The average molecular weight is 306 g/mol. The van der Waals surface area contributed by atoms with Crippen LogP contribution < -0.4 is 0 Å². The van der Waals surface area contributed by atoms with Gasteiger partial charge in [0, 0.05) is 19.1 Å². The van der Waals surface area contributed by atoms with Crippen LogP contribution in [-0.4, -0.2) is 50.5 Å². The molecule has 0 aliphatic rings. The minimum absolute atomic E-state index is 0.00425. The number of carbonyl (C=O) groups is 1. The van der Waals surface area contributed by atoms with Crippen LogP contribution in [-0.2, 0) is 11.3 Å². The molecule has 1 atom stereocenters. The zero-order valence-corrected chi connectivity index (χ0v) is 11.1. The Hall–Kier alpha value is -0.920. The summed E-state index contributed by atoms with van der Waals surface area (Å²) in [5, 5.41) is 24.5. The van der Waals surface area contributed by atoms with E-state index in [1.807, 2.05) is 11.8 Å². The van der Waals surface area contributed by atoms with Crippen molar-refractivity contribution in [2.45, 2.75) is 25.9 Å². The van der Waals surface area contributed by atoms with Crippen LogP contribution in [0.4, 0.5) is 0 Å². The summed E-state index contributed by atoms with van der Waals surface area (Å²) in [7, 11) is 0. The van der Waals surface area contributed by atoms with Crippen LogP contribution in [0.5, 0.6) is 0 Å². The van der Waals surface area contributed by atoms with Gasteiger partial charge in [-0.1, -0.05) is 0 Å². The van der Waals surface area contributed by atoms with Gasteiger partial charge in [0.2, 0.25) is 0 Å². The minimum atomic E-state index is -0.843. The van der Waals surface area contributed by atoms with E-state index in [0.717, 1.165) is 10.2 Å². The molecule has 1 heterocycles. The summed E-state index contributed by atoms with van der Waals surface area (Å²) in [5.74, 6) is -0.843. The SMILES string of the molecule is CC(CC(=O)O)N(CCO)Cc1[nH]ncc1Br. The molecule has 1 unspecified atom stereocenters. The lowest BCUT2D eigenvalue weighted by Gasteiger charge is -2.26. The Morgan fingerprint density at radius 1 is 1.71 bits per heavy atom. The van der Waals surface area contributed by atoms with Crippen LogP contribution in [0.25, 0.3) is 0 Å². The molecule has 17 heavy (non-hydrogen) atoms. The fourth-order valence-electron chi connectivity index (χ4n) is 1.58. The second-order valence-electron chi connectivity index (χ2n) is 3.84. The van der Waals surface area contributed by atoms with E-state index in [2.05, 4.69) is 26.1 Å². The number of aliphatic hydroxyl groups excluding tert-OH is 1. The first-order valence-corrected chi connectivity index (χ1v) is 6.08. The largest absolute Gasteiger partial charge is 0.481 e. The maximum atomic E-state index is 10.7. The van der Waals surface area contributed by atoms with E-state index in [0.29, 0.717) is 13.1 Å². The number of rotatable bonds is 7. The number of nitrogens with zero attached hydrogens (tertiary/aromatic N) is 2. The molecule has 6 nitrogen and oxygen atoms in total.